The van der Waals surface area contributed by atoms with Gasteiger partial charge in [-0.2, -0.15) is 5.10 Å². The van der Waals surface area contributed by atoms with Crippen molar-refractivity contribution >= 4 is 17.6 Å². The van der Waals surface area contributed by atoms with Gasteiger partial charge in [-0.05, 0) is 32.6 Å². The van der Waals surface area contributed by atoms with Crippen LogP contribution in [0, 0.1) is 5.92 Å². The Hall–Kier alpha value is -1.89. The molecular formula is C18H31N5O2. The minimum atomic E-state index is -0.309. The van der Waals surface area contributed by atoms with Crippen LogP contribution in [0.15, 0.2) is 12.3 Å². The van der Waals surface area contributed by atoms with E-state index < -0.39 is 0 Å². The van der Waals surface area contributed by atoms with Crippen molar-refractivity contribution in [1.29, 1.82) is 0 Å². The summed E-state index contributed by atoms with van der Waals surface area (Å²) in [6.45, 7) is 11.3. The van der Waals surface area contributed by atoms with E-state index in [9.17, 15) is 9.59 Å². The van der Waals surface area contributed by atoms with Gasteiger partial charge in [0.1, 0.15) is 5.82 Å². The van der Waals surface area contributed by atoms with E-state index in [2.05, 4.69) is 36.5 Å². The van der Waals surface area contributed by atoms with Gasteiger partial charge in [-0.15, -0.1) is 0 Å². The third-order valence-corrected chi connectivity index (χ3v) is 5.14. The highest BCUT2D eigenvalue weighted by Gasteiger charge is 2.29. The molecule has 1 aliphatic heterocycles. The van der Waals surface area contributed by atoms with E-state index in [4.69, 9.17) is 0 Å². The van der Waals surface area contributed by atoms with Crippen LogP contribution in [-0.4, -0.2) is 51.7 Å². The number of nitrogens with one attached hydrogen (secondary N) is 2. The first-order valence-electron chi connectivity index (χ1n) is 9.19. The fourth-order valence-corrected chi connectivity index (χ4v) is 3.25. The van der Waals surface area contributed by atoms with Crippen molar-refractivity contribution < 1.29 is 9.59 Å². The van der Waals surface area contributed by atoms with Crippen LogP contribution in [0.3, 0.4) is 0 Å². The molecule has 140 valence electrons. The molecule has 0 bridgehead atoms. The Morgan fingerprint density at radius 2 is 2.12 bits per heavy atom. The van der Waals surface area contributed by atoms with Gasteiger partial charge in [0, 0.05) is 32.1 Å². The maximum Gasteiger partial charge on any atom is 0.242 e. The third-order valence-electron chi connectivity index (χ3n) is 5.14. The van der Waals surface area contributed by atoms with E-state index in [1.807, 2.05) is 22.6 Å². The van der Waals surface area contributed by atoms with Gasteiger partial charge >= 0.3 is 0 Å². The van der Waals surface area contributed by atoms with Crippen LogP contribution in [0.4, 0.5) is 5.82 Å². The maximum atomic E-state index is 12.5. The predicted molar refractivity (Wildman–Crippen MR) is 98.3 cm³/mol. The number of likely N-dealkylation sites (tertiary alicyclic amines) is 1. The zero-order valence-corrected chi connectivity index (χ0v) is 16.0. The topological polar surface area (TPSA) is 79.3 Å². The minimum absolute atomic E-state index is 0.0637. The van der Waals surface area contributed by atoms with E-state index >= 15 is 0 Å². The van der Waals surface area contributed by atoms with Crippen LogP contribution in [-0.2, 0) is 9.59 Å². The molecule has 4 unspecified atom stereocenters. The Labute approximate surface area is 150 Å². The van der Waals surface area contributed by atoms with Crippen LogP contribution in [0.25, 0.3) is 0 Å². The number of aromatic nitrogens is 2. The monoisotopic (exact) mass is 349 g/mol. The quantitative estimate of drug-likeness (QED) is 0.823. The Bertz CT molecular complexity index is 600. The largest absolute Gasteiger partial charge is 0.343 e. The lowest BCUT2D eigenvalue weighted by Gasteiger charge is -2.38. The van der Waals surface area contributed by atoms with Crippen LogP contribution in [0.5, 0.6) is 0 Å². The van der Waals surface area contributed by atoms with Crippen LogP contribution in [0.1, 0.15) is 53.5 Å². The van der Waals surface area contributed by atoms with Crippen molar-refractivity contribution in [1.82, 2.24) is 20.0 Å². The lowest BCUT2D eigenvalue weighted by atomic mass is 9.93. The first kappa shape index (κ1) is 19.4. The normalized spacial score (nSPS) is 23.2. The Kier molecular flexibility index (Phi) is 6.58. The second kappa shape index (κ2) is 8.47. The van der Waals surface area contributed by atoms with Crippen molar-refractivity contribution in [3.05, 3.63) is 12.3 Å². The zero-order valence-electron chi connectivity index (χ0n) is 16.0. The van der Waals surface area contributed by atoms with Gasteiger partial charge in [-0.25, -0.2) is 4.68 Å². The van der Waals surface area contributed by atoms with E-state index in [0.717, 1.165) is 31.7 Å². The highest BCUT2D eigenvalue weighted by atomic mass is 16.2. The van der Waals surface area contributed by atoms with Gasteiger partial charge in [-0.1, -0.05) is 13.8 Å². The lowest BCUT2D eigenvalue weighted by molar-refractivity contribution is -0.131. The predicted octanol–water partition coefficient (Wildman–Crippen LogP) is 2.03. The molecule has 1 aliphatic rings. The first-order valence-corrected chi connectivity index (χ1v) is 9.19. The molecule has 2 heterocycles. The standard InChI is InChI=1S/C18H31N5O2/c1-6-13(3)23-17(7-9-19-23)21-18(25)14(4)20-16-8-10-22(15(5)24)11-12(16)2/h7,9,12-14,16,20H,6,8,10-11H2,1-5H3,(H,21,25). The fourth-order valence-electron chi connectivity index (χ4n) is 3.25. The molecule has 1 aromatic heterocycles. The summed E-state index contributed by atoms with van der Waals surface area (Å²) in [7, 11) is 0. The number of carbonyl (C=O) groups is 2. The molecule has 1 fully saturated rings. The third kappa shape index (κ3) is 4.81. The highest BCUT2D eigenvalue weighted by molar-refractivity contribution is 5.93. The summed E-state index contributed by atoms with van der Waals surface area (Å²) in [4.78, 5) is 25.9. The maximum absolute atomic E-state index is 12.5. The molecule has 0 saturated carbocycles. The van der Waals surface area contributed by atoms with Crippen molar-refractivity contribution in [2.75, 3.05) is 18.4 Å². The molecule has 2 amide bonds. The number of hydrogen-bond acceptors (Lipinski definition) is 4. The van der Waals surface area contributed by atoms with Gasteiger partial charge in [0.2, 0.25) is 11.8 Å². The van der Waals surface area contributed by atoms with Crippen molar-refractivity contribution in [3.8, 4) is 0 Å². The summed E-state index contributed by atoms with van der Waals surface area (Å²) in [5.41, 5.74) is 0. The number of carbonyl (C=O) groups excluding carboxylic acids is 2. The zero-order chi connectivity index (χ0) is 18.6. The van der Waals surface area contributed by atoms with Gasteiger partial charge < -0.3 is 15.5 Å². The molecule has 2 N–H and O–H groups in total. The van der Waals surface area contributed by atoms with Crippen LogP contribution in [0.2, 0.25) is 0 Å². The summed E-state index contributed by atoms with van der Waals surface area (Å²) in [6, 6.07) is 1.99. The van der Waals surface area contributed by atoms with Crippen molar-refractivity contribution in [2.45, 2.75) is 65.6 Å². The second-order valence-corrected chi connectivity index (χ2v) is 7.13. The summed E-state index contributed by atoms with van der Waals surface area (Å²) in [5, 5.41) is 10.7. The fraction of sp³-hybridized carbons (Fsp3) is 0.722. The van der Waals surface area contributed by atoms with Crippen LogP contribution >= 0.6 is 0 Å². The highest BCUT2D eigenvalue weighted by Crippen LogP contribution is 2.19. The van der Waals surface area contributed by atoms with E-state index in [0.29, 0.717) is 5.92 Å². The number of piperidine rings is 1. The smallest absolute Gasteiger partial charge is 0.242 e. The number of nitrogens with zero attached hydrogens (tertiary/aromatic N) is 3. The number of amides is 2. The molecular weight excluding hydrogens is 318 g/mol. The molecule has 25 heavy (non-hydrogen) atoms. The van der Waals surface area contributed by atoms with Crippen LogP contribution < -0.4 is 10.6 Å². The molecule has 0 spiro atoms. The van der Waals surface area contributed by atoms with E-state index in [1.165, 1.54) is 0 Å². The van der Waals surface area contributed by atoms with Gasteiger partial charge in [-0.3, -0.25) is 9.59 Å². The van der Waals surface area contributed by atoms with E-state index in [-0.39, 0.29) is 29.9 Å². The number of anilines is 1. The molecule has 2 rings (SSSR count). The molecule has 0 aliphatic carbocycles. The van der Waals surface area contributed by atoms with Crippen molar-refractivity contribution in [2.24, 2.45) is 5.92 Å². The van der Waals surface area contributed by atoms with Crippen molar-refractivity contribution in [3.63, 3.8) is 0 Å². The molecule has 1 saturated heterocycles. The summed E-state index contributed by atoms with van der Waals surface area (Å²) < 4.78 is 1.85. The number of rotatable bonds is 6. The molecule has 7 heteroatoms. The Morgan fingerprint density at radius 3 is 2.72 bits per heavy atom. The average Bonchev–Trinajstić information content (AvgIpc) is 3.03. The lowest BCUT2D eigenvalue weighted by Crippen LogP contribution is -2.53. The molecule has 1 aromatic rings. The Morgan fingerprint density at radius 1 is 1.40 bits per heavy atom. The Balaban J connectivity index is 1.91. The molecule has 7 nitrogen and oxygen atoms in total. The summed E-state index contributed by atoms with van der Waals surface area (Å²) >= 11 is 0. The first-order chi connectivity index (χ1) is 11.8. The van der Waals surface area contributed by atoms with Gasteiger partial charge in [0.05, 0.1) is 18.3 Å². The molecule has 0 radical (unpaired) electrons. The number of hydrogen-bond donors (Lipinski definition) is 2. The van der Waals surface area contributed by atoms with Gasteiger partial charge in [0.25, 0.3) is 0 Å². The van der Waals surface area contributed by atoms with Gasteiger partial charge in [0.15, 0.2) is 0 Å². The minimum Gasteiger partial charge on any atom is -0.343 e. The molecule has 0 aromatic carbocycles. The average molecular weight is 349 g/mol. The molecule has 4 atom stereocenters. The van der Waals surface area contributed by atoms with E-state index in [1.54, 1.807) is 13.1 Å². The second-order valence-electron chi connectivity index (χ2n) is 7.13. The SMILES string of the molecule is CCC(C)n1nccc1NC(=O)C(C)NC1CCN(C(C)=O)CC1C. The summed E-state index contributed by atoms with van der Waals surface area (Å²) in [5.74, 6) is 1.10. The summed E-state index contributed by atoms with van der Waals surface area (Å²) in [6.07, 6.45) is 3.52.